The van der Waals surface area contributed by atoms with E-state index in [1.807, 2.05) is 0 Å². The second-order valence-corrected chi connectivity index (χ2v) is 7.38. The fraction of sp³-hybridized carbons (Fsp3) is 0.125. The van der Waals surface area contributed by atoms with Crippen molar-refractivity contribution in [3.8, 4) is 5.75 Å². The van der Waals surface area contributed by atoms with Gasteiger partial charge >= 0.3 is 0 Å². The molecule has 0 atom stereocenters. The molecule has 0 N–H and O–H groups in total. The topological polar surface area (TPSA) is 46.6 Å². The van der Waals surface area contributed by atoms with Crippen molar-refractivity contribution >= 4 is 31.6 Å². The molecule has 0 saturated heterocycles. The van der Waals surface area contributed by atoms with Crippen LogP contribution in [0, 0.1) is 5.82 Å². The highest BCUT2D eigenvalue weighted by atomic mass is 79.9. The van der Waals surface area contributed by atoms with E-state index in [-0.39, 0.29) is 17.2 Å². The third-order valence-corrected chi connectivity index (χ3v) is 5.39. The quantitative estimate of drug-likeness (QED) is 0.690. The fourth-order valence-corrected chi connectivity index (χ4v) is 3.85. The number of sulfonamides is 1. The van der Waals surface area contributed by atoms with Gasteiger partial charge in [-0.2, -0.15) is 0 Å². The number of halogens is 2. The second-order valence-electron chi connectivity index (χ2n) is 4.60. The normalized spacial score (nSPS) is 11.1. The Kier molecular flexibility index (Phi) is 5.43. The molecule has 122 valence electrons. The van der Waals surface area contributed by atoms with Crippen LogP contribution in [-0.4, -0.2) is 22.1 Å². The molecule has 0 radical (unpaired) electrons. The average Bonchev–Trinajstić information content (AvgIpc) is 2.52. The second kappa shape index (κ2) is 7.14. The molecule has 0 saturated carbocycles. The lowest BCUT2D eigenvalue weighted by Gasteiger charge is -2.23. The number of hydrogen-bond donors (Lipinski definition) is 0. The lowest BCUT2D eigenvalue weighted by atomic mass is 10.3. The first-order valence-electron chi connectivity index (χ1n) is 6.63. The summed E-state index contributed by atoms with van der Waals surface area (Å²) < 4.78 is 46.3. The van der Waals surface area contributed by atoms with Gasteiger partial charge in [0.1, 0.15) is 0 Å². The lowest BCUT2D eigenvalue weighted by molar-refractivity contribution is 0.385. The van der Waals surface area contributed by atoms with E-state index in [4.69, 9.17) is 4.74 Å². The van der Waals surface area contributed by atoms with E-state index in [1.165, 1.54) is 25.3 Å². The van der Waals surface area contributed by atoms with Crippen LogP contribution in [0.25, 0.3) is 0 Å². The number of methoxy groups -OCH3 is 1. The van der Waals surface area contributed by atoms with Crippen molar-refractivity contribution in [1.82, 2.24) is 0 Å². The van der Waals surface area contributed by atoms with Crippen molar-refractivity contribution in [1.29, 1.82) is 0 Å². The summed E-state index contributed by atoms with van der Waals surface area (Å²) in [6.45, 7) is 3.65. The first-order chi connectivity index (χ1) is 10.9. The minimum Gasteiger partial charge on any atom is -0.494 e. The highest BCUT2D eigenvalue weighted by Gasteiger charge is 2.25. The molecule has 0 spiro atoms. The lowest BCUT2D eigenvalue weighted by Crippen LogP contribution is -2.31. The highest BCUT2D eigenvalue weighted by Crippen LogP contribution is 2.28. The molecule has 0 aliphatic heterocycles. The third kappa shape index (κ3) is 3.73. The molecular formula is C16H15BrFNO3S. The molecule has 0 aliphatic carbocycles. The van der Waals surface area contributed by atoms with Crippen LogP contribution >= 0.6 is 15.9 Å². The van der Waals surface area contributed by atoms with Crippen molar-refractivity contribution in [3.63, 3.8) is 0 Å². The molecular weight excluding hydrogens is 385 g/mol. The van der Waals surface area contributed by atoms with Gasteiger partial charge in [-0.15, -0.1) is 6.58 Å². The predicted octanol–water partition coefficient (Wildman–Crippen LogP) is 3.98. The average molecular weight is 400 g/mol. The van der Waals surface area contributed by atoms with E-state index in [9.17, 15) is 12.8 Å². The maximum Gasteiger partial charge on any atom is 0.264 e. The van der Waals surface area contributed by atoms with Crippen molar-refractivity contribution < 1.29 is 17.5 Å². The van der Waals surface area contributed by atoms with Gasteiger partial charge in [0.25, 0.3) is 10.0 Å². The van der Waals surface area contributed by atoms with E-state index in [1.54, 1.807) is 24.3 Å². The highest BCUT2D eigenvalue weighted by molar-refractivity contribution is 9.10. The minimum absolute atomic E-state index is 0.0123. The summed E-state index contributed by atoms with van der Waals surface area (Å²) >= 11 is 3.31. The summed E-state index contributed by atoms with van der Waals surface area (Å²) in [5.74, 6) is -0.747. The van der Waals surface area contributed by atoms with E-state index in [0.29, 0.717) is 5.69 Å². The Morgan fingerprint density at radius 3 is 2.61 bits per heavy atom. The van der Waals surface area contributed by atoms with Gasteiger partial charge in [0.15, 0.2) is 11.6 Å². The smallest absolute Gasteiger partial charge is 0.264 e. The summed E-state index contributed by atoms with van der Waals surface area (Å²) in [5.41, 5.74) is 0.454. The number of nitrogens with zero attached hydrogens (tertiary/aromatic N) is 1. The van der Waals surface area contributed by atoms with Gasteiger partial charge in [0.05, 0.1) is 24.2 Å². The third-order valence-electron chi connectivity index (χ3n) is 3.10. The van der Waals surface area contributed by atoms with Crippen LogP contribution in [0.5, 0.6) is 5.75 Å². The molecule has 0 heterocycles. The first-order valence-corrected chi connectivity index (χ1v) is 8.86. The van der Waals surface area contributed by atoms with Crippen LogP contribution in [0.15, 0.2) is 64.5 Å². The molecule has 0 aliphatic rings. The summed E-state index contributed by atoms with van der Waals surface area (Å²) in [4.78, 5) is -0.155. The largest absolute Gasteiger partial charge is 0.494 e. The standard InChI is InChI=1S/C16H15BrFNO3S/c1-3-9-19(13-6-4-5-12(17)10-13)23(20,21)14-7-8-16(22-2)15(18)11-14/h3-8,10-11H,1,9H2,2H3. The van der Waals surface area contributed by atoms with E-state index in [0.717, 1.165) is 14.8 Å². The zero-order chi connectivity index (χ0) is 17.0. The van der Waals surface area contributed by atoms with E-state index >= 15 is 0 Å². The summed E-state index contributed by atoms with van der Waals surface area (Å²) in [6.07, 6.45) is 1.47. The number of hydrogen-bond acceptors (Lipinski definition) is 3. The van der Waals surface area contributed by atoms with Crippen molar-refractivity contribution in [2.45, 2.75) is 4.90 Å². The van der Waals surface area contributed by atoms with Crippen molar-refractivity contribution in [3.05, 3.63) is 65.4 Å². The molecule has 0 aromatic heterocycles. The van der Waals surface area contributed by atoms with Gasteiger partial charge in [0, 0.05) is 4.47 Å². The fourth-order valence-electron chi connectivity index (χ4n) is 2.03. The van der Waals surface area contributed by atoms with Crippen LogP contribution < -0.4 is 9.04 Å². The van der Waals surface area contributed by atoms with Gasteiger partial charge in [-0.3, -0.25) is 4.31 Å². The van der Waals surface area contributed by atoms with Crippen molar-refractivity contribution in [2.24, 2.45) is 0 Å². The van der Waals surface area contributed by atoms with Crippen LogP contribution in [0.4, 0.5) is 10.1 Å². The van der Waals surface area contributed by atoms with Crippen LogP contribution in [0.1, 0.15) is 0 Å². The van der Waals surface area contributed by atoms with E-state index in [2.05, 4.69) is 22.5 Å². The maximum absolute atomic E-state index is 13.9. The van der Waals surface area contributed by atoms with Gasteiger partial charge in [0.2, 0.25) is 0 Å². The molecule has 0 amide bonds. The summed E-state index contributed by atoms with van der Waals surface area (Å²) in [6, 6.07) is 10.4. The summed E-state index contributed by atoms with van der Waals surface area (Å²) in [5, 5.41) is 0. The number of ether oxygens (including phenoxy) is 1. The zero-order valence-electron chi connectivity index (χ0n) is 12.4. The maximum atomic E-state index is 13.9. The molecule has 4 nitrogen and oxygen atoms in total. The SMILES string of the molecule is C=CCN(c1cccc(Br)c1)S(=O)(=O)c1ccc(OC)c(F)c1. The van der Waals surface area contributed by atoms with Crippen molar-refractivity contribution in [2.75, 3.05) is 18.0 Å². The first kappa shape index (κ1) is 17.5. The molecule has 23 heavy (non-hydrogen) atoms. The molecule has 0 bridgehead atoms. The zero-order valence-corrected chi connectivity index (χ0v) is 14.8. The Bertz CT molecular complexity index is 824. The van der Waals surface area contributed by atoms with Gasteiger partial charge in [-0.25, -0.2) is 12.8 Å². The molecule has 0 unspecified atom stereocenters. The molecule has 2 rings (SSSR count). The number of benzene rings is 2. The monoisotopic (exact) mass is 399 g/mol. The molecule has 2 aromatic rings. The number of anilines is 1. The van der Waals surface area contributed by atoms with E-state index < -0.39 is 15.8 Å². The Morgan fingerprint density at radius 2 is 2.04 bits per heavy atom. The minimum atomic E-state index is -3.93. The molecule has 2 aromatic carbocycles. The van der Waals surface area contributed by atoms with Gasteiger partial charge in [-0.1, -0.05) is 28.1 Å². The Labute approximate surface area is 143 Å². The Balaban J connectivity index is 2.53. The summed E-state index contributed by atoms with van der Waals surface area (Å²) in [7, 11) is -2.62. The van der Waals surface area contributed by atoms with Crippen LogP contribution in [0.2, 0.25) is 0 Å². The number of rotatable bonds is 6. The van der Waals surface area contributed by atoms with Crippen LogP contribution in [-0.2, 0) is 10.0 Å². The predicted molar refractivity (Wildman–Crippen MR) is 91.8 cm³/mol. The Morgan fingerprint density at radius 1 is 1.30 bits per heavy atom. The molecule has 7 heteroatoms. The van der Waals surface area contributed by atoms with Crippen LogP contribution in [0.3, 0.4) is 0 Å². The Hall–Kier alpha value is -1.86. The van der Waals surface area contributed by atoms with Gasteiger partial charge < -0.3 is 4.74 Å². The molecule has 0 fully saturated rings. The van der Waals surface area contributed by atoms with Gasteiger partial charge in [-0.05, 0) is 36.4 Å².